The first-order valence-corrected chi connectivity index (χ1v) is 8.68. The Kier molecular flexibility index (Phi) is 4.56. The van der Waals surface area contributed by atoms with Crippen molar-refractivity contribution in [3.05, 3.63) is 35.2 Å². The number of ether oxygens (including phenoxy) is 1. The molecular weight excluding hydrogens is 312 g/mol. The Labute approximate surface area is 139 Å². The lowest BCUT2D eigenvalue weighted by molar-refractivity contribution is 0.101. The summed E-state index contributed by atoms with van der Waals surface area (Å²) in [5.41, 5.74) is 1.64. The summed E-state index contributed by atoms with van der Waals surface area (Å²) in [4.78, 5) is 11.6. The van der Waals surface area contributed by atoms with Gasteiger partial charge >= 0.3 is 0 Å². The molecule has 0 spiro atoms. The lowest BCUT2D eigenvalue weighted by atomic mass is 10.1. The number of thioether (sulfide) groups is 1. The molecule has 1 aliphatic rings. The van der Waals surface area contributed by atoms with Crippen molar-refractivity contribution in [2.75, 3.05) is 12.4 Å². The van der Waals surface area contributed by atoms with E-state index in [0.29, 0.717) is 29.0 Å². The predicted octanol–water partition coefficient (Wildman–Crippen LogP) is 2.76. The predicted molar refractivity (Wildman–Crippen MR) is 89.3 cm³/mol. The van der Waals surface area contributed by atoms with Gasteiger partial charge in [-0.05, 0) is 44.9 Å². The highest BCUT2D eigenvalue weighted by Gasteiger charge is 2.29. The highest BCUT2D eigenvalue weighted by atomic mass is 32.2. The van der Waals surface area contributed by atoms with E-state index in [0.717, 1.165) is 30.0 Å². The van der Waals surface area contributed by atoms with Crippen LogP contribution in [0.2, 0.25) is 0 Å². The van der Waals surface area contributed by atoms with Crippen LogP contribution in [0.3, 0.4) is 0 Å². The van der Waals surface area contributed by atoms with Gasteiger partial charge in [0.25, 0.3) is 0 Å². The number of rotatable bonds is 7. The van der Waals surface area contributed by atoms with E-state index in [2.05, 4.69) is 10.2 Å². The Morgan fingerprint density at radius 1 is 1.43 bits per heavy atom. The number of Topliss-reactive ketones (excluding diaryl/α,β-unsaturated/α-hetero) is 1. The van der Waals surface area contributed by atoms with Gasteiger partial charge in [0.15, 0.2) is 11.6 Å². The molecule has 6 nitrogen and oxygen atoms in total. The van der Waals surface area contributed by atoms with E-state index in [1.807, 2.05) is 19.1 Å². The minimum atomic E-state index is 0.0392. The first-order chi connectivity index (χ1) is 11.1. The van der Waals surface area contributed by atoms with Gasteiger partial charge in [0.1, 0.15) is 5.75 Å². The zero-order chi connectivity index (χ0) is 16.4. The molecule has 0 unspecified atom stereocenters. The molecule has 1 saturated carbocycles. The molecule has 1 aromatic carbocycles. The molecule has 1 fully saturated rings. The maximum Gasteiger partial charge on any atom is 0.210 e. The number of nitrogens with two attached hydrogens (primary N) is 1. The fourth-order valence-electron chi connectivity index (χ4n) is 2.36. The highest BCUT2D eigenvalue weighted by molar-refractivity contribution is 7.98. The van der Waals surface area contributed by atoms with Crippen LogP contribution in [0.1, 0.15) is 54.4 Å². The summed E-state index contributed by atoms with van der Waals surface area (Å²) < 4.78 is 7.23. The van der Waals surface area contributed by atoms with E-state index >= 15 is 0 Å². The molecule has 7 heteroatoms. The third-order valence-corrected chi connectivity index (χ3v) is 4.75. The van der Waals surface area contributed by atoms with E-state index in [-0.39, 0.29) is 5.78 Å². The Hall–Kier alpha value is -2.02. The molecule has 0 amide bonds. The van der Waals surface area contributed by atoms with Crippen LogP contribution in [-0.4, -0.2) is 27.3 Å². The maximum absolute atomic E-state index is 11.6. The SMILES string of the molecule is CCOc1ccc(C(C)=O)cc1CSc1nnc(C2CC2)n1N. The molecule has 1 aromatic heterocycles. The number of hydrogen-bond acceptors (Lipinski definition) is 6. The number of carbonyl (C=O) groups is 1. The number of ketones is 1. The van der Waals surface area contributed by atoms with Crippen LogP contribution in [0.25, 0.3) is 0 Å². The maximum atomic E-state index is 11.6. The Balaban J connectivity index is 1.78. The summed E-state index contributed by atoms with van der Waals surface area (Å²) in [7, 11) is 0. The van der Waals surface area contributed by atoms with E-state index in [4.69, 9.17) is 10.6 Å². The summed E-state index contributed by atoms with van der Waals surface area (Å²) in [5.74, 6) is 8.83. The van der Waals surface area contributed by atoms with Crippen molar-refractivity contribution in [1.29, 1.82) is 0 Å². The van der Waals surface area contributed by atoms with Crippen LogP contribution >= 0.6 is 11.8 Å². The molecule has 1 aliphatic carbocycles. The van der Waals surface area contributed by atoms with Gasteiger partial charge in [0.2, 0.25) is 5.16 Å². The van der Waals surface area contributed by atoms with Gasteiger partial charge < -0.3 is 10.6 Å². The van der Waals surface area contributed by atoms with Crippen molar-refractivity contribution < 1.29 is 9.53 Å². The summed E-state index contributed by atoms with van der Waals surface area (Å²) in [6, 6.07) is 5.51. The van der Waals surface area contributed by atoms with Crippen LogP contribution in [-0.2, 0) is 5.75 Å². The first-order valence-electron chi connectivity index (χ1n) is 7.70. The summed E-state index contributed by atoms with van der Waals surface area (Å²) >= 11 is 1.50. The number of benzene rings is 1. The van der Waals surface area contributed by atoms with Gasteiger partial charge in [-0.25, -0.2) is 4.68 Å². The molecule has 0 saturated heterocycles. The van der Waals surface area contributed by atoms with Gasteiger partial charge in [-0.3, -0.25) is 4.79 Å². The third-order valence-electron chi connectivity index (χ3n) is 3.76. The number of hydrogen-bond donors (Lipinski definition) is 1. The molecule has 3 rings (SSSR count). The normalized spacial score (nSPS) is 14.0. The number of nitrogen functional groups attached to an aromatic ring is 1. The van der Waals surface area contributed by atoms with E-state index in [1.165, 1.54) is 11.8 Å². The van der Waals surface area contributed by atoms with Crippen LogP contribution < -0.4 is 10.6 Å². The molecule has 23 heavy (non-hydrogen) atoms. The fraction of sp³-hybridized carbons (Fsp3) is 0.438. The van der Waals surface area contributed by atoms with Gasteiger partial charge in [-0.2, -0.15) is 0 Å². The second-order valence-electron chi connectivity index (χ2n) is 5.59. The topological polar surface area (TPSA) is 83.0 Å². The Bertz CT molecular complexity index is 725. The highest BCUT2D eigenvalue weighted by Crippen LogP contribution is 2.39. The van der Waals surface area contributed by atoms with Crippen LogP contribution in [0.4, 0.5) is 0 Å². The minimum Gasteiger partial charge on any atom is -0.494 e. The average Bonchev–Trinajstić information content (AvgIpc) is 3.30. The molecule has 0 radical (unpaired) electrons. The average molecular weight is 332 g/mol. The van der Waals surface area contributed by atoms with Crippen LogP contribution in [0.5, 0.6) is 5.75 Å². The zero-order valence-corrected chi connectivity index (χ0v) is 14.1. The van der Waals surface area contributed by atoms with Crippen molar-refractivity contribution in [2.24, 2.45) is 0 Å². The quantitative estimate of drug-likeness (QED) is 0.477. The summed E-state index contributed by atoms with van der Waals surface area (Å²) in [5, 5.41) is 9.03. The molecule has 1 heterocycles. The van der Waals surface area contributed by atoms with E-state index in [1.54, 1.807) is 17.7 Å². The molecular formula is C16H20N4O2S. The monoisotopic (exact) mass is 332 g/mol. The van der Waals surface area contributed by atoms with Gasteiger partial charge in [0, 0.05) is 22.8 Å². The van der Waals surface area contributed by atoms with Crippen molar-refractivity contribution in [2.45, 2.75) is 43.5 Å². The molecule has 122 valence electrons. The van der Waals surface area contributed by atoms with Crippen LogP contribution in [0, 0.1) is 0 Å². The summed E-state index contributed by atoms with van der Waals surface area (Å²) in [6.45, 7) is 4.08. The molecule has 2 N–H and O–H groups in total. The van der Waals surface area contributed by atoms with Gasteiger partial charge in [0.05, 0.1) is 6.61 Å². The molecule has 2 aromatic rings. The number of nitrogens with zero attached hydrogens (tertiary/aromatic N) is 3. The summed E-state index contributed by atoms with van der Waals surface area (Å²) in [6.07, 6.45) is 2.27. The molecule has 0 aliphatic heterocycles. The van der Waals surface area contributed by atoms with Crippen molar-refractivity contribution >= 4 is 17.5 Å². The largest absolute Gasteiger partial charge is 0.494 e. The molecule has 0 bridgehead atoms. The molecule has 0 atom stereocenters. The first kappa shape index (κ1) is 15.9. The fourth-order valence-corrected chi connectivity index (χ4v) is 3.20. The smallest absolute Gasteiger partial charge is 0.210 e. The number of carbonyl (C=O) groups excluding carboxylic acids is 1. The minimum absolute atomic E-state index is 0.0392. The lowest BCUT2D eigenvalue weighted by Gasteiger charge is -2.11. The Morgan fingerprint density at radius 3 is 2.87 bits per heavy atom. The lowest BCUT2D eigenvalue weighted by Crippen LogP contribution is -2.13. The van der Waals surface area contributed by atoms with Gasteiger partial charge in [-0.1, -0.05) is 11.8 Å². The van der Waals surface area contributed by atoms with E-state index < -0.39 is 0 Å². The van der Waals surface area contributed by atoms with E-state index in [9.17, 15) is 4.79 Å². The second-order valence-corrected chi connectivity index (χ2v) is 6.53. The third kappa shape index (κ3) is 3.50. The number of aromatic nitrogens is 3. The van der Waals surface area contributed by atoms with Crippen molar-refractivity contribution in [3.8, 4) is 5.75 Å². The zero-order valence-electron chi connectivity index (χ0n) is 13.3. The van der Waals surface area contributed by atoms with Crippen molar-refractivity contribution in [1.82, 2.24) is 14.9 Å². The van der Waals surface area contributed by atoms with Crippen LogP contribution in [0.15, 0.2) is 23.4 Å². The Morgan fingerprint density at radius 2 is 2.22 bits per heavy atom. The van der Waals surface area contributed by atoms with Crippen molar-refractivity contribution in [3.63, 3.8) is 0 Å². The van der Waals surface area contributed by atoms with Gasteiger partial charge in [-0.15, -0.1) is 10.2 Å². The second kappa shape index (κ2) is 6.62. The standard InChI is InChI=1S/C16H20N4O2S/c1-3-22-14-7-6-12(10(2)21)8-13(14)9-23-16-19-18-15(20(16)17)11-4-5-11/h6-8,11H,3-5,9,17H2,1-2H3.